The SMILES string of the molecule is O=C(O)CCCCCCN1C(=O)CCC[C@@H]1CCC(O)Sc1cccc(C(=O)O)c1. The zero-order valence-corrected chi connectivity index (χ0v) is 18.0. The number of rotatable bonds is 13. The van der Waals surface area contributed by atoms with Gasteiger partial charge < -0.3 is 20.2 Å². The highest BCUT2D eigenvalue weighted by Crippen LogP contribution is 2.29. The van der Waals surface area contributed by atoms with E-state index in [4.69, 9.17) is 10.2 Å². The van der Waals surface area contributed by atoms with Gasteiger partial charge in [0.1, 0.15) is 5.44 Å². The number of unbranched alkanes of at least 4 members (excludes halogenated alkanes) is 3. The summed E-state index contributed by atoms with van der Waals surface area (Å²) in [7, 11) is 0. The molecule has 1 unspecified atom stereocenters. The number of nitrogens with zero attached hydrogens (tertiary/aromatic N) is 1. The number of aliphatic carboxylic acids is 1. The highest BCUT2D eigenvalue weighted by atomic mass is 32.2. The van der Waals surface area contributed by atoms with Crippen molar-refractivity contribution in [3.8, 4) is 0 Å². The van der Waals surface area contributed by atoms with E-state index in [9.17, 15) is 19.5 Å². The molecule has 7 nitrogen and oxygen atoms in total. The van der Waals surface area contributed by atoms with E-state index in [2.05, 4.69) is 0 Å². The van der Waals surface area contributed by atoms with Crippen molar-refractivity contribution < 1.29 is 29.7 Å². The summed E-state index contributed by atoms with van der Waals surface area (Å²) in [5.41, 5.74) is -0.469. The van der Waals surface area contributed by atoms with Crippen LogP contribution in [0.3, 0.4) is 0 Å². The molecule has 1 heterocycles. The number of carboxylic acid groups (broad SMARTS) is 2. The number of carbonyl (C=O) groups excluding carboxylic acids is 1. The molecule has 0 spiro atoms. The molecule has 1 aromatic carbocycles. The van der Waals surface area contributed by atoms with Crippen LogP contribution in [0.25, 0.3) is 0 Å². The molecule has 1 aromatic rings. The van der Waals surface area contributed by atoms with Crippen molar-refractivity contribution in [3.05, 3.63) is 29.8 Å². The predicted molar refractivity (Wildman–Crippen MR) is 115 cm³/mol. The molecule has 0 bridgehead atoms. The summed E-state index contributed by atoms with van der Waals surface area (Å²) in [5, 5.41) is 28.2. The first-order valence-corrected chi connectivity index (χ1v) is 11.4. The summed E-state index contributed by atoms with van der Waals surface area (Å²) in [4.78, 5) is 36.6. The van der Waals surface area contributed by atoms with Crippen LogP contribution in [0.15, 0.2) is 29.2 Å². The summed E-state index contributed by atoms with van der Waals surface area (Å²) in [6.45, 7) is 0.681. The first-order chi connectivity index (χ1) is 14.4. The summed E-state index contributed by atoms with van der Waals surface area (Å²) < 4.78 is 0. The maximum Gasteiger partial charge on any atom is 0.335 e. The van der Waals surface area contributed by atoms with Crippen LogP contribution >= 0.6 is 11.8 Å². The highest BCUT2D eigenvalue weighted by molar-refractivity contribution is 7.99. The number of amides is 1. The lowest BCUT2D eigenvalue weighted by Crippen LogP contribution is -2.44. The minimum Gasteiger partial charge on any atom is -0.481 e. The lowest BCUT2D eigenvalue weighted by atomic mass is 9.97. The summed E-state index contributed by atoms with van der Waals surface area (Å²) >= 11 is 1.24. The minimum absolute atomic E-state index is 0.117. The molecule has 2 rings (SSSR count). The van der Waals surface area contributed by atoms with Crippen LogP contribution in [-0.2, 0) is 9.59 Å². The molecule has 2 atom stereocenters. The molecule has 1 saturated heterocycles. The molecule has 0 saturated carbocycles. The van der Waals surface area contributed by atoms with Gasteiger partial charge in [-0.25, -0.2) is 4.79 Å². The van der Waals surface area contributed by atoms with Gasteiger partial charge in [0.2, 0.25) is 5.91 Å². The molecule has 1 aliphatic rings. The van der Waals surface area contributed by atoms with Gasteiger partial charge in [-0.15, -0.1) is 0 Å². The number of carbonyl (C=O) groups is 3. The van der Waals surface area contributed by atoms with Crippen molar-refractivity contribution in [2.75, 3.05) is 6.54 Å². The predicted octanol–water partition coefficient (Wildman–Crippen LogP) is 3.99. The maximum atomic E-state index is 12.4. The lowest BCUT2D eigenvalue weighted by molar-refractivity contribution is -0.137. The topological polar surface area (TPSA) is 115 Å². The molecule has 0 aliphatic carbocycles. The number of aliphatic hydroxyl groups excluding tert-OH is 1. The molecule has 1 amide bonds. The van der Waals surface area contributed by atoms with Crippen molar-refractivity contribution in [3.63, 3.8) is 0 Å². The number of aromatic carboxylic acids is 1. The number of carboxylic acids is 2. The fourth-order valence-corrected chi connectivity index (χ4v) is 4.69. The third kappa shape index (κ3) is 8.36. The van der Waals surface area contributed by atoms with Gasteiger partial charge in [-0.2, -0.15) is 0 Å². The number of hydrogen-bond donors (Lipinski definition) is 3. The van der Waals surface area contributed by atoms with Crippen LogP contribution in [0.5, 0.6) is 0 Å². The number of thioether (sulfide) groups is 1. The van der Waals surface area contributed by atoms with Crippen LogP contribution in [0.4, 0.5) is 0 Å². The average molecular weight is 438 g/mol. The van der Waals surface area contributed by atoms with E-state index in [0.29, 0.717) is 37.1 Å². The smallest absolute Gasteiger partial charge is 0.335 e. The molecular weight excluding hydrogens is 406 g/mol. The lowest BCUT2D eigenvalue weighted by Gasteiger charge is -2.36. The van der Waals surface area contributed by atoms with Crippen molar-refractivity contribution in [2.24, 2.45) is 0 Å². The van der Waals surface area contributed by atoms with Gasteiger partial charge in [-0.1, -0.05) is 30.7 Å². The fraction of sp³-hybridized carbons (Fsp3) is 0.591. The molecule has 1 aliphatic heterocycles. The zero-order chi connectivity index (χ0) is 21.9. The van der Waals surface area contributed by atoms with E-state index in [0.717, 1.165) is 32.1 Å². The minimum atomic E-state index is -0.994. The number of aliphatic hydroxyl groups is 1. The largest absolute Gasteiger partial charge is 0.481 e. The zero-order valence-electron chi connectivity index (χ0n) is 17.2. The monoisotopic (exact) mass is 437 g/mol. The number of benzene rings is 1. The number of likely N-dealkylation sites (tertiary alicyclic amines) is 1. The maximum absolute atomic E-state index is 12.4. The first kappa shape index (κ1) is 24.2. The Morgan fingerprint density at radius 3 is 2.67 bits per heavy atom. The molecule has 8 heteroatoms. The third-order valence-electron chi connectivity index (χ3n) is 5.33. The second-order valence-corrected chi connectivity index (χ2v) is 8.93. The second-order valence-electron chi connectivity index (χ2n) is 7.67. The Kier molecular flexibility index (Phi) is 10.2. The van der Waals surface area contributed by atoms with Gasteiger partial charge in [0.05, 0.1) is 5.56 Å². The molecule has 0 radical (unpaired) electrons. The third-order valence-corrected chi connectivity index (χ3v) is 6.36. The van der Waals surface area contributed by atoms with Gasteiger partial charge >= 0.3 is 11.9 Å². The Morgan fingerprint density at radius 2 is 1.93 bits per heavy atom. The summed E-state index contributed by atoms with van der Waals surface area (Å²) in [6, 6.07) is 6.63. The molecule has 3 N–H and O–H groups in total. The Balaban J connectivity index is 1.78. The number of hydrogen-bond acceptors (Lipinski definition) is 5. The van der Waals surface area contributed by atoms with Gasteiger partial charge in [0, 0.05) is 30.3 Å². The van der Waals surface area contributed by atoms with Crippen LogP contribution < -0.4 is 0 Å². The van der Waals surface area contributed by atoms with Gasteiger partial charge in [-0.3, -0.25) is 9.59 Å². The van der Waals surface area contributed by atoms with Crippen molar-refractivity contribution >= 4 is 29.6 Å². The van der Waals surface area contributed by atoms with E-state index in [1.165, 1.54) is 17.8 Å². The van der Waals surface area contributed by atoms with E-state index in [-0.39, 0.29) is 23.9 Å². The van der Waals surface area contributed by atoms with E-state index >= 15 is 0 Å². The Labute approximate surface area is 181 Å². The highest BCUT2D eigenvalue weighted by Gasteiger charge is 2.27. The molecular formula is C22H31NO6S. The second kappa shape index (κ2) is 12.6. The number of piperidine rings is 1. The molecule has 166 valence electrons. The normalized spacial score (nSPS) is 17.7. The van der Waals surface area contributed by atoms with Crippen LogP contribution in [0, 0.1) is 0 Å². The Hall–Kier alpha value is -2.06. The van der Waals surface area contributed by atoms with Crippen molar-refractivity contribution in [1.82, 2.24) is 4.90 Å². The van der Waals surface area contributed by atoms with E-state index < -0.39 is 17.4 Å². The summed E-state index contributed by atoms with van der Waals surface area (Å²) in [5.74, 6) is -1.60. The molecule has 30 heavy (non-hydrogen) atoms. The fourth-order valence-electron chi connectivity index (χ4n) is 3.76. The van der Waals surface area contributed by atoms with Crippen LogP contribution in [0.2, 0.25) is 0 Å². The van der Waals surface area contributed by atoms with Gasteiger partial charge in [0.25, 0.3) is 0 Å². The van der Waals surface area contributed by atoms with Crippen LogP contribution in [0.1, 0.15) is 74.6 Å². The average Bonchev–Trinajstić information content (AvgIpc) is 2.70. The molecule has 0 aromatic heterocycles. The first-order valence-electron chi connectivity index (χ1n) is 10.6. The Bertz CT molecular complexity index is 725. The van der Waals surface area contributed by atoms with Gasteiger partial charge in [0.15, 0.2) is 0 Å². The van der Waals surface area contributed by atoms with E-state index in [1.54, 1.807) is 18.2 Å². The standard InChI is InChI=1S/C22H31NO6S/c24-19-10-6-8-17(23(19)14-4-2-1-3-11-20(25)26)12-13-21(27)30-18-9-5-7-16(15-18)22(28)29/h5,7,9,15,17,21,27H,1-4,6,8,10-14H2,(H,25,26)(H,28,29)/t17-,21?/m1/s1. The Morgan fingerprint density at radius 1 is 1.17 bits per heavy atom. The van der Waals surface area contributed by atoms with Gasteiger partial charge in [-0.05, 0) is 56.7 Å². The quantitative estimate of drug-likeness (QED) is 0.243. The van der Waals surface area contributed by atoms with E-state index in [1.807, 2.05) is 4.90 Å². The van der Waals surface area contributed by atoms with Crippen molar-refractivity contribution in [2.45, 2.75) is 80.6 Å². The summed E-state index contributed by atoms with van der Waals surface area (Å²) in [6.07, 6.45) is 7.06. The molecule has 1 fully saturated rings. The van der Waals surface area contributed by atoms with Crippen molar-refractivity contribution in [1.29, 1.82) is 0 Å². The van der Waals surface area contributed by atoms with Crippen LogP contribution in [-0.4, -0.2) is 56.1 Å².